The van der Waals surface area contributed by atoms with Gasteiger partial charge in [-0.15, -0.1) is 0 Å². The molecule has 0 radical (unpaired) electrons. The predicted molar refractivity (Wildman–Crippen MR) is 95.4 cm³/mol. The van der Waals surface area contributed by atoms with E-state index in [1.807, 2.05) is 0 Å². The number of carbonyl (C=O) groups excluding carboxylic acids is 1. The lowest BCUT2D eigenvalue weighted by Gasteiger charge is -2.18. The first kappa shape index (κ1) is 17.4. The molecule has 0 spiro atoms. The van der Waals surface area contributed by atoms with E-state index >= 15 is 0 Å². The van der Waals surface area contributed by atoms with Gasteiger partial charge < -0.3 is 10.2 Å². The summed E-state index contributed by atoms with van der Waals surface area (Å²) < 4.78 is 36.8. The van der Waals surface area contributed by atoms with Crippen LogP contribution in [-0.4, -0.2) is 33.7 Å². The zero-order chi connectivity index (χ0) is 18.0. The van der Waals surface area contributed by atoms with Crippen molar-refractivity contribution in [3.05, 3.63) is 53.8 Å². The van der Waals surface area contributed by atoms with Crippen molar-refractivity contribution in [3.8, 4) is 0 Å². The van der Waals surface area contributed by atoms with E-state index < -0.39 is 21.6 Å². The van der Waals surface area contributed by atoms with Crippen molar-refractivity contribution in [2.24, 2.45) is 0 Å². The number of carbonyl (C=O) groups is 1. The van der Waals surface area contributed by atoms with Gasteiger partial charge in [0.2, 0.25) is 0 Å². The number of anilines is 2. The molecule has 1 heterocycles. The Labute approximate surface area is 146 Å². The minimum absolute atomic E-state index is 0.145. The standard InChI is InChI=1S/C18H19FN2O3S/c1-25(23,24)17-6-4-13(5-7-17)18(22)20-15-10-14(19)11-16(12-15)21-8-2-3-9-21/h4-7,10-12H,2-3,8-9H2,1H3,(H,20,22). The molecule has 1 saturated heterocycles. The lowest BCUT2D eigenvalue weighted by molar-refractivity contribution is 0.102. The van der Waals surface area contributed by atoms with Crippen LogP contribution >= 0.6 is 0 Å². The van der Waals surface area contributed by atoms with Crippen molar-refractivity contribution in [2.75, 3.05) is 29.6 Å². The maximum absolute atomic E-state index is 13.9. The number of hydrogen-bond donors (Lipinski definition) is 1. The van der Waals surface area contributed by atoms with E-state index in [2.05, 4.69) is 10.2 Å². The van der Waals surface area contributed by atoms with E-state index in [0.29, 0.717) is 11.3 Å². The average Bonchev–Trinajstić information content (AvgIpc) is 3.08. The molecule has 0 unspecified atom stereocenters. The van der Waals surface area contributed by atoms with Crippen LogP contribution in [0, 0.1) is 5.82 Å². The summed E-state index contributed by atoms with van der Waals surface area (Å²) in [6, 6.07) is 10.1. The van der Waals surface area contributed by atoms with Crippen LogP contribution in [0.2, 0.25) is 0 Å². The van der Waals surface area contributed by atoms with Gasteiger partial charge in [-0.05, 0) is 55.3 Å². The van der Waals surface area contributed by atoms with Crippen LogP contribution in [0.3, 0.4) is 0 Å². The molecule has 2 aromatic rings. The second-order valence-electron chi connectivity index (χ2n) is 6.14. The van der Waals surface area contributed by atoms with E-state index in [1.165, 1.54) is 36.4 Å². The van der Waals surface area contributed by atoms with Gasteiger partial charge in [-0.3, -0.25) is 4.79 Å². The highest BCUT2D eigenvalue weighted by atomic mass is 32.2. The first-order chi connectivity index (χ1) is 11.8. The predicted octanol–water partition coefficient (Wildman–Crippen LogP) is 3.08. The van der Waals surface area contributed by atoms with Crippen LogP contribution in [0.1, 0.15) is 23.2 Å². The number of amides is 1. The van der Waals surface area contributed by atoms with Crippen LogP contribution in [0.25, 0.3) is 0 Å². The Morgan fingerprint density at radius 1 is 1.08 bits per heavy atom. The summed E-state index contributed by atoms with van der Waals surface area (Å²) >= 11 is 0. The Balaban J connectivity index is 1.78. The van der Waals surface area contributed by atoms with Crippen molar-refractivity contribution < 1.29 is 17.6 Å². The molecule has 2 aromatic carbocycles. The Bertz CT molecular complexity index is 889. The van der Waals surface area contributed by atoms with Gasteiger partial charge in [-0.1, -0.05) is 0 Å². The molecular weight excluding hydrogens is 343 g/mol. The van der Waals surface area contributed by atoms with Crippen molar-refractivity contribution in [3.63, 3.8) is 0 Å². The number of sulfone groups is 1. The van der Waals surface area contributed by atoms with Crippen LogP contribution < -0.4 is 10.2 Å². The highest BCUT2D eigenvalue weighted by Gasteiger charge is 2.15. The number of hydrogen-bond acceptors (Lipinski definition) is 4. The first-order valence-corrected chi connectivity index (χ1v) is 9.89. The van der Waals surface area contributed by atoms with Crippen molar-refractivity contribution in [1.82, 2.24) is 0 Å². The minimum Gasteiger partial charge on any atom is -0.371 e. The summed E-state index contributed by atoms with van der Waals surface area (Å²) in [6.45, 7) is 1.76. The fourth-order valence-electron chi connectivity index (χ4n) is 2.86. The van der Waals surface area contributed by atoms with Gasteiger partial charge in [0, 0.05) is 36.3 Å². The van der Waals surface area contributed by atoms with Gasteiger partial charge >= 0.3 is 0 Å². The van der Waals surface area contributed by atoms with Crippen LogP contribution in [0.5, 0.6) is 0 Å². The third-order valence-electron chi connectivity index (χ3n) is 4.16. The molecule has 0 saturated carbocycles. The molecule has 1 aliphatic rings. The van der Waals surface area contributed by atoms with Gasteiger partial charge in [0.25, 0.3) is 5.91 Å². The largest absolute Gasteiger partial charge is 0.371 e. The zero-order valence-electron chi connectivity index (χ0n) is 13.8. The van der Waals surface area contributed by atoms with Crippen LogP contribution in [-0.2, 0) is 9.84 Å². The first-order valence-electron chi connectivity index (χ1n) is 8.00. The number of nitrogens with zero attached hydrogens (tertiary/aromatic N) is 1. The fraction of sp³-hybridized carbons (Fsp3) is 0.278. The van der Waals surface area contributed by atoms with Crippen LogP contribution in [0.4, 0.5) is 15.8 Å². The monoisotopic (exact) mass is 362 g/mol. The molecule has 1 N–H and O–H groups in total. The summed E-state index contributed by atoms with van der Waals surface area (Å²) in [5.74, 6) is -0.829. The van der Waals surface area contributed by atoms with Gasteiger partial charge in [0.1, 0.15) is 5.82 Å². The third-order valence-corrected chi connectivity index (χ3v) is 5.28. The summed E-state index contributed by atoms with van der Waals surface area (Å²) in [5.41, 5.74) is 1.43. The van der Waals surface area contributed by atoms with Gasteiger partial charge in [-0.25, -0.2) is 12.8 Å². The SMILES string of the molecule is CS(=O)(=O)c1ccc(C(=O)Nc2cc(F)cc(N3CCCC3)c2)cc1. The maximum atomic E-state index is 13.9. The molecule has 0 atom stereocenters. The molecule has 0 bridgehead atoms. The Kier molecular flexibility index (Phi) is 4.76. The summed E-state index contributed by atoms with van der Waals surface area (Å²) in [7, 11) is -3.31. The smallest absolute Gasteiger partial charge is 0.255 e. The molecule has 0 aliphatic carbocycles. The van der Waals surface area contributed by atoms with Gasteiger partial charge in [0.05, 0.1) is 4.90 Å². The summed E-state index contributed by atoms with van der Waals surface area (Å²) in [6.07, 6.45) is 3.25. The number of halogens is 1. The lowest BCUT2D eigenvalue weighted by atomic mass is 10.2. The Morgan fingerprint density at radius 3 is 2.32 bits per heavy atom. The lowest BCUT2D eigenvalue weighted by Crippen LogP contribution is -2.18. The van der Waals surface area contributed by atoms with Gasteiger partial charge in [0.15, 0.2) is 9.84 Å². The Morgan fingerprint density at radius 2 is 1.72 bits per heavy atom. The maximum Gasteiger partial charge on any atom is 0.255 e. The van der Waals surface area contributed by atoms with Crippen molar-refractivity contribution >= 4 is 27.1 Å². The second kappa shape index (κ2) is 6.84. The number of benzene rings is 2. The third kappa shape index (κ3) is 4.17. The summed E-state index contributed by atoms with van der Waals surface area (Å²) in [5, 5.41) is 2.67. The topological polar surface area (TPSA) is 66.5 Å². The van der Waals surface area contributed by atoms with E-state index in [1.54, 1.807) is 6.07 Å². The number of nitrogens with one attached hydrogen (secondary N) is 1. The molecule has 1 aliphatic heterocycles. The highest BCUT2D eigenvalue weighted by Crippen LogP contribution is 2.25. The van der Waals surface area contributed by atoms with E-state index in [4.69, 9.17) is 0 Å². The highest BCUT2D eigenvalue weighted by molar-refractivity contribution is 7.90. The fourth-order valence-corrected chi connectivity index (χ4v) is 3.49. The average molecular weight is 362 g/mol. The zero-order valence-corrected chi connectivity index (χ0v) is 14.6. The molecule has 7 heteroatoms. The molecule has 1 fully saturated rings. The number of rotatable bonds is 4. The van der Waals surface area contributed by atoms with E-state index in [9.17, 15) is 17.6 Å². The molecular formula is C18H19FN2O3S. The van der Waals surface area contributed by atoms with Crippen molar-refractivity contribution in [2.45, 2.75) is 17.7 Å². The van der Waals surface area contributed by atoms with Crippen LogP contribution in [0.15, 0.2) is 47.4 Å². The molecule has 5 nitrogen and oxygen atoms in total. The molecule has 132 valence electrons. The minimum atomic E-state index is -3.31. The normalized spacial score (nSPS) is 14.6. The molecule has 25 heavy (non-hydrogen) atoms. The molecule has 3 rings (SSSR count). The Hall–Kier alpha value is -2.41. The summed E-state index contributed by atoms with van der Waals surface area (Å²) in [4.78, 5) is 14.5. The quantitative estimate of drug-likeness (QED) is 0.908. The molecule has 0 aromatic heterocycles. The van der Waals surface area contributed by atoms with Crippen molar-refractivity contribution in [1.29, 1.82) is 0 Å². The van der Waals surface area contributed by atoms with Gasteiger partial charge in [-0.2, -0.15) is 0 Å². The van der Waals surface area contributed by atoms with E-state index in [-0.39, 0.29) is 4.90 Å². The molecule has 1 amide bonds. The second-order valence-corrected chi connectivity index (χ2v) is 8.16. The van der Waals surface area contributed by atoms with E-state index in [0.717, 1.165) is 37.9 Å².